The highest BCUT2D eigenvalue weighted by atomic mass is 79.9. The van der Waals surface area contributed by atoms with Crippen molar-refractivity contribution in [3.05, 3.63) is 26.6 Å². The Morgan fingerprint density at radius 3 is 1.77 bits per heavy atom. The highest BCUT2D eigenvalue weighted by Gasteiger charge is 2.37. The van der Waals surface area contributed by atoms with Crippen molar-refractivity contribution in [2.45, 2.75) is 71.9 Å². The molecule has 0 spiro atoms. The Morgan fingerprint density at radius 2 is 1.41 bits per heavy atom. The van der Waals surface area contributed by atoms with Gasteiger partial charge in [0.15, 0.2) is 8.32 Å². The van der Waals surface area contributed by atoms with Gasteiger partial charge in [0.1, 0.15) is 11.4 Å². The lowest BCUT2D eigenvalue weighted by Gasteiger charge is -2.36. The van der Waals surface area contributed by atoms with Crippen LogP contribution in [0.4, 0.5) is 0 Å². The molecule has 0 aliphatic carbocycles. The van der Waals surface area contributed by atoms with E-state index in [1.807, 2.05) is 20.8 Å². The van der Waals surface area contributed by atoms with Gasteiger partial charge < -0.3 is 9.16 Å². The number of rotatable bonds is 4. The molecular formula is C17H28Br2O2Si. The summed E-state index contributed by atoms with van der Waals surface area (Å²) in [6.07, 6.45) is 0. The fourth-order valence-corrected chi connectivity index (χ4v) is 3.98. The zero-order chi connectivity index (χ0) is 17.3. The van der Waals surface area contributed by atoms with Gasteiger partial charge in [-0.25, -0.2) is 0 Å². The number of hydrogen-bond acceptors (Lipinski definition) is 2. The molecule has 1 aromatic carbocycles. The van der Waals surface area contributed by atoms with Gasteiger partial charge in [0.05, 0.1) is 15.6 Å². The number of hydrogen-bond donors (Lipinski definition) is 0. The standard InChI is InChI=1S/C17H28Br2O2Si/c1-16(2,3)21-15-13(18)9-12(10-14(15)19)11-20-22(7,8)17(4,5)6/h9-10H,11H2,1-8H3. The van der Waals surface area contributed by atoms with E-state index < -0.39 is 8.32 Å². The molecule has 0 amide bonds. The molecule has 1 aromatic rings. The van der Waals surface area contributed by atoms with Crippen molar-refractivity contribution in [3.8, 4) is 5.75 Å². The lowest BCUT2D eigenvalue weighted by molar-refractivity contribution is 0.128. The smallest absolute Gasteiger partial charge is 0.192 e. The molecular weight excluding hydrogens is 424 g/mol. The van der Waals surface area contributed by atoms with Crippen LogP contribution in [0.1, 0.15) is 47.1 Å². The first-order valence-electron chi connectivity index (χ1n) is 7.54. The molecule has 126 valence electrons. The van der Waals surface area contributed by atoms with Gasteiger partial charge >= 0.3 is 0 Å². The van der Waals surface area contributed by atoms with E-state index in [-0.39, 0.29) is 10.6 Å². The van der Waals surface area contributed by atoms with Crippen molar-refractivity contribution in [1.82, 2.24) is 0 Å². The highest BCUT2D eigenvalue weighted by Crippen LogP contribution is 2.39. The molecule has 0 aliphatic rings. The van der Waals surface area contributed by atoms with Gasteiger partial charge in [0, 0.05) is 0 Å². The SMILES string of the molecule is CC(C)(C)Oc1c(Br)cc(CO[Si](C)(C)C(C)(C)C)cc1Br. The minimum atomic E-state index is -1.74. The maximum Gasteiger partial charge on any atom is 0.192 e. The van der Waals surface area contributed by atoms with Crippen LogP contribution in [-0.4, -0.2) is 13.9 Å². The number of halogens is 2. The molecule has 0 unspecified atom stereocenters. The second kappa shape index (κ2) is 6.95. The van der Waals surface area contributed by atoms with E-state index in [0.29, 0.717) is 6.61 Å². The Bertz CT molecular complexity index is 505. The first-order chi connectivity index (χ1) is 9.73. The average molecular weight is 452 g/mol. The number of benzene rings is 1. The van der Waals surface area contributed by atoms with Crippen LogP contribution in [0.15, 0.2) is 21.1 Å². The van der Waals surface area contributed by atoms with E-state index in [0.717, 1.165) is 20.3 Å². The zero-order valence-electron chi connectivity index (χ0n) is 14.9. The Hall–Kier alpha value is 0.157. The second-order valence-electron chi connectivity index (χ2n) is 8.15. The van der Waals surface area contributed by atoms with Gasteiger partial charge in [-0.3, -0.25) is 0 Å². The topological polar surface area (TPSA) is 18.5 Å². The van der Waals surface area contributed by atoms with Crippen LogP contribution in [0.25, 0.3) is 0 Å². The van der Waals surface area contributed by atoms with Crippen LogP contribution in [0.2, 0.25) is 18.1 Å². The Labute approximate surface area is 153 Å². The third-order valence-corrected chi connectivity index (χ3v) is 9.53. The summed E-state index contributed by atoms with van der Waals surface area (Å²) in [5, 5.41) is 0.219. The van der Waals surface area contributed by atoms with Crippen molar-refractivity contribution in [2.75, 3.05) is 0 Å². The summed E-state index contributed by atoms with van der Waals surface area (Å²) in [5.74, 6) is 0.837. The molecule has 0 bridgehead atoms. The average Bonchev–Trinajstić information content (AvgIpc) is 2.29. The Morgan fingerprint density at radius 1 is 0.955 bits per heavy atom. The van der Waals surface area contributed by atoms with Crippen LogP contribution >= 0.6 is 31.9 Å². The van der Waals surface area contributed by atoms with Crippen molar-refractivity contribution < 1.29 is 9.16 Å². The van der Waals surface area contributed by atoms with Crippen LogP contribution in [0, 0.1) is 0 Å². The molecule has 0 saturated heterocycles. The first-order valence-corrected chi connectivity index (χ1v) is 12.0. The molecule has 0 heterocycles. The van der Waals surface area contributed by atoms with E-state index in [1.54, 1.807) is 0 Å². The molecule has 0 N–H and O–H groups in total. The summed E-state index contributed by atoms with van der Waals surface area (Å²) in [7, 11) is -1.74. The summed E-state index contributed by atoms with van der Waals surface area (Å²) in [6.45, 7) is 18.1. The maximum atomic E-state index is 6.29. The molecule has 0 aliphatic heterocycles. The quantitative estimate of drug-likeness (QED) is 0.462. The van der Waals surface area contributed by atoms with Crippen LogP contribution in [0.3, 0.4) is 0 Å². The minimum Gasteiger partial charge on any atom is -0.486 e. The molecule has 0 atom stereocenters. The Kier molecular flexibility index (Phi) is 6.39. The highest BCUT2D eigenvalue weighted by molar-refractivity contribution is 9.11. The molecule has 5 heteroatoms. The van der Waals surface area contributed by atoms with Gasteiger partial charge in [-0.05, 0) is 88.5 Å². The van der Waals surface area contributed by atoms with Crippen molar-refractivity contribution in [2.24, 2.45) is 0 Å². The van der Waals surface area contributed by atoms with Crippen molar-refractivity contribution >= 4 is 40.2 Å². The Balaban J connectivity index is 2.92. The third-order valence-electron chi connectivity index (χ3n) is 3.87. The predicted molar refractivity (Wildman–Crippen MR) is 104 cm³/mol. The largest absolute Gasteiger partial charge is 0.486 e. The lowest BCUT2D eigenvalue weighted by Crippen LogP contribution is -2.40. The summed E-state index contributed by atoms with van der Waals surface area (Å²) in [5.41, 5.74) is 0.911. The fourth-order valence-electron chi connectivity index (χ4n) is 1.58. The molecule has 1 rings (SSSR count). The second-order valence-corrected chi connectivity index (χ2v) is 14.7. The van der Waals surface area contributed by atoms with E-state index >= 15 is 0 Å². The van der Waals surface area contributed by atoms with Crippen molar-refractivity contribution in [3.63, 3.8) is 0 Å². The predicted octanol–water partition coefficient (Wildman–Crippen LogP) is 6.91. The zero-order valence-corrected chi connectivity index (χ0v) is 19.1. The van der Waals surface area contributed by atoms with E-state index in [4.69, 9.17) is 9.16 Å². The van der Waals surface area contributed by atoms with Gasteiger partial charge in [-0.15, -0.1) is 0 Å². The fraction of sp³-hybridized carbons (Fsp3) is 0.647. The van der Waals surface area contributed by atoms with E-state index in [1.165, 1.54) is 0 Å². The monoisotopic (exact) mass is 450 g/mol. The lowest BCUT2D eigenvalue weighted by atomic mass is 10.2. The first kappa shape index (κ1) is 20.2. The van der Waals surface area contributed by atoms with Gasteiger partial charge in [0.2, 0.25) is 0 Å². The van der Waals surface area contributed by atoms with Gasteiger partial charge in [0.25, 0.3) is 0 Å². The normalized spacial score (nSPS) is 13.4. The van der Waals surface area contributed by atoms with Crippen LogP contribution in [-0.2, 0) is 11.0 Å². The minimum absolute atomic E-state index is 0.219. The maximum absolute atomic E-state index is 6.29. The molecule has 2 nitrogen and oxygen atoms in total. The van der Waals surface area contributed by atoms with Gasteiger partial charge in [-0.1, -0.05) is 20.8 Å². The summed E-state index contributed by atoms with van der Waals surface area (Å²) in [4.78, 5) is 0. The summed E-state index contributed by atoms with van der Waals surface area (Å²) in [6, 6.07) is 4.16. The van der Waals surface area contributed by atoms with Crippen LogP contribution < -0.4 is 4.74 Å². The molecule has 0 saturated carbocycles. The molecule has 22 heavy (non-hydrogen) atoms. The number of ether oxygens (including phenoxy) is 1. The van der Waals surface area contributed by atoms with Crippen LogP contribution in [0.5, 0.6) is 5.75 Å². The third kappa shape index (κ3) is 5.66. The van der Waals surface area contributed by atoms with E-state index in [9.17, 15) is 0 Å². The van der Waals surface area contributed by atoms with Crippen molar-refractivity contribution in [1.29, 1.82) is 0 Å². The summed E-state index contributed by atoms with van der Waals surface area (Å²) < 4.78 is 14.2. The summed E-state index contributed by atoms with van der Waals surface area (Å²) >= 11 is 7.22. The van der Waals surface area contributed by atoms with E-state index in [2.05, 4.69) is 77.9 Å². The molecule has 0 fully saturated rings. The van der Waals surface area contributed by atoms with Gasteiger partial charge in [-0.2, -0.15) is 0 Å². The molecule has 0 aromatic heterocycles. The molecule has 0 radical (unpaired) electrons.